The molecule has 1 atom stereocenters. The second-order valence-corrected chi connectivity index (χ2v) is 11.6. The lowest BCUT2D eigenvalue weighted by atomic mass is 10.1. The molecule has 3 aromatic rings. The van der Waals surface area contributed by atoms with Crippen LogP contribution in [0.25, 0.3) is 0 Å². The lowest BCUT2D eigenvalue weighted by Crippen LogP contribution is -2.52. The van der Waals surface area contributed by atoms with Crippen molar-refractivity contribution >= 4 is 27.5 Å². The topological polar surface area (TPSA) is 105 Å². The van der Waals surface area contributed by atoms with Gasteiger partial charge < -0.3 is 19.7 Å². The van der Waals surface area contributed by atoms with Gasteiger partial charge in [-0.3, -0.25) is 13.9 Å². The van der Waals surface area contributed by atoms with E-state index in [2.05, 4.69) is 5.32 Å². The maximum atomic E-state index is 14.0. The van der Waals surface area contributed by atoms with E-state index in [0.29, 0.717) is 17.9 Å². The van der Waals surface area contributed by atoms with Crippen molar-refractivity contribution in [3.63, 3.8) is 0 Å². The zero-order valence-corrected chi connectivity index (χ0v) is 25.5. The molecule has 0 heterocycles. The molecule has 0 aliphatic rings. The molecule has 1 N–H and O–H groups in total. The highest BCUT2D eigenvalue weighted by Gasteiger charge is 2.34. The fourth-order valence-corrected chi connectivity index (χ4v) is 5.88. The molecule has 0 saturated heterocycles. The Morgan fingerprint density at radius 2 is 1.49 bits per heavy atom. The minimum absolute atomic E-state index is 0.0340. The van der Waals surface area contributed by atoms with Crippen molar-refractivity contribution in [3.05, 3.63) is 83.9 Å². The first kappa shape index (κ1) is 33.3. The average Bonchev–Trinajstić information content (AvgIpc) is 3.00. The van der Waals surface area contributed by atoms with Gasteiger partial charge in [0.2, 0.25) is 11.8 Å². The normalized spacial score (nSPS) is 11.9. The second-order valence-electron chi connectivity index (χ2n) is 9.72. The Hall–Kier alpha value is -4.19. The summed E-state index contributed by atoms with van der Waals surface area (Å²) in [5, 5.41) is 2.84. The van der Waals surface area contributed by atoms with Crippen LogP contribution < -0.4 is 19.1 Å². The summed E-state index contributed by atoms with van der Waals surface area (Å²) in [4.78, 5) is 28.4. The van der Waals surface area contributed by atoms with Gasteiger partial charge in [-0.2, -0.15) is 0 Å². The van der Waals surface area contributed by atoms with E-state index >= 15 is 0 Å². The van der Waals surface area contributed by atoms with Crippen LogP contribution in [0.5, 0.6) is 11.5 Å². The lowest BCUT2D eigenvalue weighted by Gasteiger charge is -2.33. The number of halogens is 2. The molecule has 232 valence electrons. The average molecular weight is 618 g/mol. The summed E-state index contributed by atoms with van der Waals surface area (Å²) in [6.45, 7) is 3.36. The van der Waals surface area contributed by atoms with Gasteiger partial charge in [-0.25, -0.2) is 17.2 Å². The quantitative estimate of drug-likeness (QED) is 0.243. The third-order valence-corrected chi connectivity index (χ3v) is 8.59. The fraction of sp³-hybridized carbons (Fsp3) is 0.355. The number of hydrogen-bond donors (Lipinski definition) is 1. The summed E-state index contributed by atoms with van der Waals surface area (Å²) in [5.41, 5.74) is 0.581. The van der Waals surface area contributed by atoms with Crippen LogP contribution in [0.1, 0.15) is 38.7 Å². The molecular formula is C31H37F2N3O6S. The van der Waals surface area contributed by atoms with E-state index in [1.54, 1.807) is 6.92 Å². The molecule has 0 aliphatic carbocycles. The maximum Gasteiger partial charge on any atom is 0.264 e. The number of ether oxygens (including phenoxy) is 2. The first-order valence-corrected chi connectivity index (χ1v) is 15.3. The van der Waals surface area contributed by atoms with Crippen LogP contribution in [0.2, 0.25) is 0 Å². The van der Waals surface area contributed by atoms with Crippen LogP contribution in [0, 0.1) is 11.6 Å². The molecule has 43 heavy (non-hydrogen) atoms. The number of unbranched alkanes of at least 4 members (excludes halogenated alkanes) is 1. The molecule has 0 saturated carbocycles. The van der Waals surface area contributed by atoms with Gasteiger partial charge in [0.25, 0.3) is 10.0 Å². The zero-order valence-electron chi connectivity index (χ0n) is 24.7. The van der Waals surface area contributed by atoms with Gasteiger partial charge in [0, 0.05) is 19.2 Å². The Kier molecular flexibility index (Phi) is 11.9. The Morgan fingerprint density at radius 1 is 0.884 bits per heavy atom. The Morgan fingerprint density at radius 3 is 2.05 bits per heavy atom. The molecule has 0 aromatic heterocycles. The number of carbonyl (C=O) groups excluding carboxylic acids is 2. The van der Waals surface area contributed by atoms with E-state index in [1.807, 2.05) is 6.92 Å². The zero-order chi connectivity index (χ0) is 31.6. The number of anilines is 1. The number of rotatable bonds is 15. The SMILES string of the molecule is CCCCNC(=O)[C@H](CC)N(Cc1ccc(F)cc1)C(=O)CN(c1ccc(F)cc1)S(=O)(=O)c1ccc(OC)c(OC)c1. The van der Waals surface area contributed by atoms with Crippen molar-refractivity contribution in [2.24, 2.45) is 0 Å². The van der Waals surface area contributed by atoms with E-state index in [-0.39, 0.29) is 35.2 Å². The highest BCUT2D eigenvalue weighted by Crippen LogP contribution is 2.32. The van der Waals surface area contributed by atoms with Gasteiger partial charge in [-0.1, -0.05) is 32.4 Å². The Labute approximate surface area is 251 Å². The van der Waals surface area contributed by atoms with Crippen molar-refractivity contribution in [2.75, 3.05) is 31.6 Å². The Bertz CT molecular complexity index is 1480. The second kappa shape index (κ2) is 15.3. The third kappa shape index (κ3) is 8.44. The van der Waals surface area contributed by atoms with Gasteiger partial charge in [0.15, 0.2) is 11.5 Å². The summed E-state index contributed by atoms with van der Waals surface area (Å²) >= 11 is 0. The van der Waals surface area contributed by atoms with E-state index in [9.17, 15) is 26.8 Å². The molecule has 0 spiro atoms. The van der Waals surface area contributed by atoms with Crippen molar-refractivity contribution in [2.45, 2.75) is 50.6 Å². The van der Waals surface area contributed by atoms with Crippen LogP contribution in [-0.4, -0.2) is 58.5 Å². The molecule has 3 aromatic carbocycles. The van der Waals surface area contributed by atoms with Gasteiger partial charge in [0.05, 0.1) is 24.8 Å². The van der Waals surface area contributed by atoms with Gasteiger partial charge in [-0.15, -0.1) is 0 Å². The number of hydrogen-bond acceptors (Lipinski definition) is 6. The monoisotopic (exact) mass is 617 g/mol. The lowest BCUT2D eigenvalue weighted by molar-refractivity contribution is -0.140. The molecule has 0 unspecified atom stereocenters. The maximum absolute atomic E-state index is 14.0. The van der Waals surface area contributed by atoms with Crippen molar-refractivity contribution in [1.82, 2.24) is 10.2 Å². The molecule has 9 nitrogen and oxygen atoms in total. The van der Waals surface area contributed by atoms with Crippen LogP contribution in [0.15, 0.2) is 71.6 Å². The molecule has 0 bridgehead atoms. The van der Waals surface area contributed by atoms with Crippen LogP contribution in [0.3, 0.4) is 0 Å². The molecule has 0 fully saturated rings. The largest absolute Gasteiger partial charge is 0.493 e. The van der Waals surface area contributed by atoms with Gasteiger partial charge in [0.1, 0.15) is 24.2 Å². The number of methoxy groups -OCH3 is 2. The summed E-state index contributed by atoms with van der Waals surface area (Å²) < 4.78 is 66.9. The first-order valence-electron chi connectivity index (χ1n) is 13.9. The standard InChI is InChI=1S/C31H37F2N3O6S/c1-5-7-18-34-31(38)27(6-2)35(20-22-8-10-23(32)11-9-22)30(37)21-36(25-14-12-24(33)13-15-25)43(39,40)26-16-17-28(41-3)29(19-26)42-4/h8-17,19,27H,5-7,18,20-21H2,1-4H3,(H,34,38)/t27-/m0/s1. The predicted molar refractivity (Wildman–Crippen MR) is 159 cm³/mol. The highest BCUT2D eigenvalue weighted by molar-refractivity contribution is 7.92. The molecule has 3 rings (SSSR count). The number of nitrogens with one attached hydrogen (secondary N) is 1. The molecule has 0 aliphatic heterocycles. The Balaban J connectivity index is 2.06. The summed E-state index contributed by atoms with van der Waals surface area (Å²) in [6.07, 6.45) is 1.84. The van der Waals surface area contributed by atoms with Crippen LogP contribution in [-0.2, 0) is 26.2 Å². The van der Waals surface area contributed by atoms with E-state index < -0.39 is 40.2 Å². The highest BCUT2D eigenvalue weighted by atomic mass is 32.2. The molecule has 2 amide bonds. The van der Waals surface area contributed by atoms with Crippen LogP contribution >= 0.6 is 0 Å². The minimum atomic E-state index is -4.42. The number of nitrogens with zero attached hydrogens (tertiary/aromatic N) is 2. The third-order valence-electron chi connectivity index (χ3n) is 6.82. The number of benzene rings is 3. The molecule has 0 radical (unpaired) electrons. The van der Waals surface area contributed by atoms with E-state index in [0.717, 1.165) is 29.3 Å². The first-order chi connectivity index (χ1) is 20.5. The summed E-state index contributed by atoms with van der Waals surface area (Å²) in [5.74, 6) is -1.67. The summed E-state index contributed by atoms with van der Waals surface area (Å²) in [7, 11) is -1.65. The molecular weight excluding hydrogens is 580 g/mol. The van der Waals surface area contributed by atoms with Crippen molar-refractivity contribution in [1.29, 1.82) is 0 Å². The van der Waals surface area contributed by atoms with Crippen molar-refractivity contribution < 1.29 is 36.3 Å². The van der Waals surface area contributed by atoms with Gasteiger partial charge >= 0.3 is 0 Å². The van der Waals surface area contributed by atoms with Gasteiger partial charge in [-0.05, 0) is 66.9 Å². The minimum Gasteiger partial charge on any atom is -0.493 e. The van der Waals surface area contributed by atoms with E-state index in [1.165, 1.54) is 73.7 Å². The number of amides is 2. The number of carbonyl (C=O) groups is 2. The molecule has 12 heteroatoms. The number of sulfonamides is 1. The summed E-state index contributed by atoms with van der Waals surface area (Å²) in [6, 6.07) is 13.2. The smallest absolute Gasteiger partial charge is 0.264 e. The van der Waals surface area contributed by atoms with E-state index in [4.69, 9.17) is 9.47 Å². The van der Waals surface area contributed by atoms with Crippen molar-refractivity contribution in [3.8, 4) is 11.5 Å². The fourth-order valence-electron chi connectivity index (χ4n) is 4.45. The van der Waals surface area contributed by atoms with Crippen LogP contribution in [0.4, 0.5) is 14.5 Å². The predicted octanol–water partition coefficient (Wildman–Crippen LogP) is 4.90.